The van der Waals surface area contributed by atoms with Crippen LogP contribution in [0.5, 0.6) is 5.75 Å². The van der Waals surface area contributed by atoms with E-state index in [1.54, 1.807) is 13.0 Å². The maximum Gasteiger partial charge on any atom is 0.339 e. The lowest BCUT2D eigenvalue weighted by Gasteiger charge is -2.07. The first-order valence-electron chi connectivity index (χ1n) is 6.53. The van der Waals surface area contributed by atoms with Gasteiger partial charge in [0.1, 0.15) is 17.9 Å². The molecule has 0 radical (unpaired) electrons. The molecule has 0 N–H and O–H groups in total. The lowest BCUT2D eigenvalue weighted by molar-refractivity contribution is 0.306. The third kappa shape index (κ3) is 3.16. The Balaban J connectivity index is 1.82. The molecule has 3 aromatic rings. The van der Waals surface area contributed by atoms with E-state index in [0.717, 1.165) is 15.4 Å². The highest BCUT2D eigenvalue weighted by Crippen LogP contribution is 2.21. The minimum Gasteiger partial charge on any atom is -0.489 e. The molecule has 2 aromatic carbocycles. The molecule has 21 heavy (non-hydrogen) atoms. The molecule has 0 aliphatic carbocycles. The highest BCUT2D eigenvalue weighted by Gasteiger charge is 2.03. The van der Waals surface area contributed by atoms with Crippen LogP contribution < -0.4 is 10.4 Å². The Bertz CT molecular complexity index is 835. The summed E-state index contributed by atoms with van der Waals surface area (Å²) < 4.78 is 12.0. The highest BCUT2D eigenvalue weighted by molar-refractivity contribution is 9.10. The van der Waals surface area contributed by atoms with Crippen molar-refractivity contribution in [1.82, 2.24) is 0 Å². The fourth-order valence-electron chi connectivity index (χ4n) is 2.03. The molecule has 106 valence electrons. The monoisotopic (exact) mass is 344 g/mol. The summed E-state index contributed by atoms with van der Waals surface area (Å²) in [6.45, 7) is 2.21. The lowest BCUT2D eigenvalue weighted by atomic mass is 10.2. The van der Waals surface area contributed by atoms with Gasteiger partial charge in [-0.05, 0) is 42.8 Å². The van der Waals surface area contributed by atoms with Crippen LogP contribution in [0.1, 0.15) is 11.1 Å². The third-order valence-corrected chi connectivity index (χ3v) is 3.73. The molecular weight excluding hydrogens is 332 g/mol. The first kappa shape index (κ1) is 13.9. The van der Waals surface area contributed by atoms with Crippen molar-refractivity contribution >= 4 is 26.9 Å². The number of aryl methyl sites for hydroxylation is 1. The van der Waals surface area contributed by atoms with Crippen molar-refractivity contribution in [3.8, 4) is 5.75 Å². The Morgan fingerprint density at radius 2 is 1.86 bits per heavy atom. The van der Waals surface area contributed by atoms with Crippen LogP contribution in [0.2, 0.25) is 0 Å². The normalized spacial score (nSPS) is 10.8. The Kier molecular flexibility index (Phi) is 3.80. The Morgan fingerprint density at radius 3 is 2.62 bits per heavy atom. The Morgan fingerprint density at radius 1 is 1.10 bits per heavy atom. The van der Waals surface area contributed by atoms with Gasteiger partial charge >= 0.3 is 5.63 Å². The van der Waals surface area contributed by atoms with Crippen LogP contribution in [0.3, 0.4) is 0 Å². The third-order valence-electron chi connectivity index (χ3n) is 3.20. The van der Waals surface area contributed by atoms with Crippen molar-refractivity contribution < 1.29 is 9.15 Å². The van der Waals surface area contributed by atoms with Crippen LogP contribution in [0.15, 0.2) is 62.2 Å². The Hall–Kier alpha value is -2.07. The number of benzene rings is 2. The Labute approximate surface area is 130 Å². The second-order valence-electron chi connectivity index (χ2n) is 4.83. The summed E-state index contributed by atoms with van der Waals surface area (Å²) in [5.74, 6) is 0.678. The number of ether oxygens (including phenoxy) is 1. The van der Waals surface area contributed by atoms with Gasteiger partial charge in [0, 0.05) is 21.5 Å². The van der Waals surface area contributed by atoms with Crippen molar-refractivity contribution in [3.05, 3.63) is 74.6 Å². The van der Waals surface area contributed by atoms with E-state index in [-0.39, 0.29) is 5.63 Å². The molecule has 0 fully saturated rings. The van der Waals surface area contributed by atoms with Crippen LogP contribution in [0.25, 0.3) is 11.0 Å². The van der Waals surface area contributed by atoms with E-state index in [1.807, 2.05) is 42.5 Å². The van der Waals surface area contributed by atoms with Crippen LogP contribution >= 0.6 is 15.9 Å². The number of fused-ring (bicyclic) bond motifs is 1. The van der Waals surface area contributed by atoms with Crippen molar-refractivity contribution in [2.24, 2.45) is 0 Å². The van der Waals surface area contributed by atoms with E-state index in [9.17, 15) is 4.79 Å². The SMILES string of the molecule is Cc1cc2ccc(OCc3ccc(Br)cc3)cc2oc1=O. The van der Waals surface area contributed by atoms with E-state index < -0.39 is 0 Å². The van der Waals surface area contributed by atoms with Gasteiger partial charge in [0.15, 0.2) is 0 Å². The standard InChI is InChI=1S/C17H13BrO3/c1-11-8-13-4-7-15(9-16(13)21-17(11)19)20-10-12-2-5-14(18)6-3-12/h2-9H,10H2,1H3. The number of hydrogen-bond donors (Lipinski definition) is 0. The van der Waals surface area contributed by atoms with Gasteiger partial charge in [-0.1, -0.05) is 28.1 Å². The molecule has 0 aliphatic rings. The minimum atomic E-state index is -0.312. The molecule has 3 rings (SSSR count). The van der Waals surface area contributed by atoms with E-state index in [2.05, 4.69) is 15.9 Å². The molecule has 1 aromatic heterocycles. The molecule has 0 unspecified atom stereocenters. The van der Waals surface area contributed by atoms with Gasteiger partial charge in [-0.3, -0.25) is 0 Å². The largest absolute Gasteiger partial charge is 0.489 e. The molecule has 0 saturated carbocycles. The topological polar surface area (TPSA) is 39.4 Å². The average Bonchev–Trinajstić information content (AvgIpc) is 2.48. The molecule has 3 nitrogen and oxygen atoms in total. The summed E-state index contributed by atoms with van der Waals surface area (Å²) >= 11 is 3.40. The number of hydrogen-bond acceptors (Lipinski definition) is 3. The summed E-state index contributed by atoms with van der Waals surface area (Å²) in [6.07, 6.45) is 0. The molecule has 0 aliphatic heterocycles. The first-order valence-corrected chi connectivity index (χ1v) is 7.33. The fourth-order valence-corrected chi connectivity index (χ4v) is 2.30. The van der Waals surface area contributed by atoms with Gasteiger partial charge in [0.25, 0.3) is 0 Å². The molecule has 0 atom stereocenters. The van der Waals surface area contributed by atoms with Crippen LogP contribution in [-0.2, 0) is 6.61 Å². The molecule has 4 heteroatoms. The summed E-state index contributed by atoms with van der Waals surface area (Å²) in [5.41, 5.74) is 1.90. The van der Waals surface area contributed by atoms with Crippen LogP contribution in [0.4, 0.5) is 0 Å². The van der Waals surface area contributed by atoms with E-state index in [1.165, 1.54) is 0 Å². The smallest absolute Gasteiger partial charge is 0.339 e. The lowest BCUT2D eigenvalue weighted by Crippen LogP contribution is -2.02. The second kappa shape index (κ2) is 5.74. The van der Waals surface area contributed by atoms with Crippen LogP contribution in [-0.4, -0.2) is 0 Å². The summed E-state index contributed by atoms with van der Waals surface area (Å²) in [6, 6.07) is 15.3. The van der Waals surface area contributed by atoms with Gasteiger partial charge in [-0.15, -0.1) is 0 Å². The maximum atomic E-state index is 11.5. The van der Waals surface area contributed by atoms with Crippen LogP contribution in [0, 0.1) is 6.92 Å². The van der Waals surface area contributed by atoms with Crippen molar-refractivity contribution in [3.63, 3.8) is 0 Å². The summed E-state index contributed by atoms with van der Waals surface area (Å²) in [5, 5.41) is 0.892. The highest BCUT2D eigenvalue weighted by atomic mass is 79.9. The van der Waals surface area contributed by atoms with E-state index in [0.29, 0.717) is 23.5 Å². The molecule has 1 heterocycles. The maximum absolute atomic E-state index is 11.5. The van der Waals surface area contributed by atoms with Crippen molar-refractivity contribution in [2.75, 3.05) is 0 Å². The van der Waals surface area contributed by atoms with Crippen molar-refractivity contribution in [2.45, 2.75) is 13.5 Å². The predicted molar refractivity (Wildman–Crippen MR) is 85.7 cm³/mol. The first-order chi connectivity index (χ1) is 10.1. The zero-order valence-electron chi connectivity index (χ0n) is 11.4. The van der Waals surface area contributed by atoms with Gasteiger partial charge < -0.3 is 9.15 Å². The van der Waals surface area contributed by atoms with Gasteiger partial charge in [-0.2, -0.15) is 0 Å². The van der Waals surface area contributed by atoms with E-state index >= 15 is 0 Å². The molecule has 0 bridgehead atoms. The van der Waals surface area contributed by atoms with Gasteiger partial charge in [0.2, 0.25) is 0 Å². The zero-order valence-corrected chi connectivity index (χ0v) is 13.0. The van der Waals surface area contributed by atoms with Gasteiger partial charge in [0.05, 0.1) is 0 Å². The van der Waals surface area contributed by atoms with Gasteiger partial charge in [-0.25, -0.2) is 4.79 Å². The van der Waals surface area contributed by atoms with E-state index in [4.69, 9.17) is 9.15 Å². The molecule has 0 amide bonds. The van der Waals surface area contributed by atoms with Crippen molar-refractivity contribution in [1.29, 1.82) is 0 Å². The molecule has 0 spiro atoms. The minimum absolute atomic E-state index is 0.312. The number of halogens is 1. The average molecular weight is 345 g/mol. The fraction of sp³-hybridized carbons (Fsp3) is 0.118. The second-order valence-corrected chi connectivity index (χ2v) is 5.75. The molecular formula is C17H13BrO3. The zero-order chi connectivity index (χ0) is 14.8. The summed E-state index contributed by atoms with van der Waals surface area (Å²) in [4.78, 5) is 11.5. The number of rotatable bonds is 3. The predicted octanol–water partition coefficient (Wildman–Crippen LogP) is 4.44. The quantitative estimate of drug-likeness (QED) is 0.659. The molecule has 0 saturated heterocycles. The summed E-state index contributed by atoms with van der Waals surface area (Å²) in [7, 11) is 0.